The normalized spacial score (nSPS) is 17.2. The molecule has 0 N–H and O–H groups in total. The van der Waals surface area contributed by atoms with Gasteiger partial charge in [0.05, 0.1) is 6.04 Å². The molecule has 2 aromatic carbocycles. The molecule has 2 heterocycles. The Hall–Kier alpha value is -1.77. The molecule has 2 unspecified atom stereocenters. The van der Waals surface area contributed by atoms with Gasteiger partial charge in [0.15, 0.2) is 0 Å². The molecular formula is C17H10Cl2N3O2S2-. The Balaban J connectivity index is 1.91. The van der Waals surface area contributed by atoms with Gasteiger partial charge in [0.2, 0.25) is 5.13 Å². The van der Waals surface area contributed by atoms with E-state index >= 15 is 0 Å². The maximum atomic E-state index is 11.3. The SMILES string of the molecule is O=S([O-])c1ccc2c(c1)C=CN(c1ncns1)C2c1ccc(Cl)cc1Cl. The summed E-state index contributed by atoms with van der Waals surface area (Å²) in [5.74, 6) is 0. The lowest BCUT2D eigenvalue weighted by Crippen LogP contribution is -2.27. The van der Waals surface area contributed by atoms with Crippen molar-refractivity contribution in [3.05, 3.63) is 75.7 Å². The first kappa shape index (κ1) is 17.6. The lowest BCUT2D eigenvalue weighted by Gasteiger charge is -2.34. The number of rotatable bonds is 3. The van der Waals surface area contributed by atoms with Gasteiger partial charge in [-0.25, -0.2) is 4.98 Å². The highest BCUT2D eigenvalue weighted by atomic mass is 35.5. The molecule has 1 aliphatic rings. The summed E-state index contributed by atoms with van der Waals surface area (Å²) in [6.45, 7) is 0. The highest BCUT2D eigenvalue weighted by Gasteiger charge is 2.29. The Morgan fingerprint density at radius 3 is 2.65 bits per heavy atom. The van der Waals surface area contributed by atoms with Gasteiger partial charge >= 0.3 is 0 Å². The summed E-state index contributed by atoms with van der Waals surface area (Å²) in [5, 5.41) is 1.78. The predicted molar refractivity (Wildman–Crippen MR) is 103 cm³/mol. The number of hydrogen-bond donors (Lipinski definition) is 0. The third-order valence-corrected chi connectivity index (χ3v) is 5.95. The molecule has 2 atom stereocenters. The highest BCUT2D eigenvalue weighted by Crippen LogP contribution is 2.42. The molecule has 1 aromatic heterocycles. The lowest BCUT2D eigenvalue weighted by atomic mass is 9.91. The van der Waals surface area contributed by atoms with Crippen molar-refractivity contribution in [2.75, 3.05) is 4.90 Å². The van der Waals surface area contributed by atoms with Crippen LogP contribution in [0.3, 0.4) is 0 Å². The molecule has 0 saturated heterocycles. The van der Waals surface area contributed by atoms with Crippen molar-refractivity contribution < 1.29 is 8.76 Å². The zero-order chi connectivity index (χ0) is 18.3. The minimum Gasteiger partial charge on any atom is -0.768 e. The topological polar surface area (TPSA) is 69.2 Å². The minimum atomic E-state index is -2.29. The van der Waals surface area contributed by atoms with Crippen LogP contribution in [0.4, 0.5) is 5.13 Å². The van der Waals surface area contributed by atoms with Gasteiger partial charge < -0.3 is 9.45 Å². The van der Waals surface area contributed by atoms with Crippen LogP contribution in [0.25, 0.3) is 6.08 Å². The fraction of sp³-hybridized carbons (Fsp3) is 0.0588. The molecular weight excluding hydrogens is 413 g/mol. The molecule has 0 fully saturated rings. The molecule has 0 bridgehead atoms. The molecule has 5 nitrogen and oxygen atoms in total. The summed E-state index contributed by atoms with van der Waals surface area (Å²) >= 11 is 11.5. The van der Waals surface area contributed by atoms with E-state index in [1.165, 1.54) is 17.9 Å². The quantitative estimate of drug-likeness (QED) is 0.573. The third-order valence-electron chi connectivity index (χ3n) is 4.07. The Labute approximate surface area is 166 Å². The predicted octanol–water partition coefficient (Wildman–Crippen LogP) is 4.66. The van der Waals surface area contributed by atoms with Crippen LogP contribution in [-0.4, -0.2) is 18.1 Å². The molecule has 132 valence electrons. The number of anilines is 1. The van der Waals surface area contributed by atoms with Crippen LogP contribution in [0.1, 0.15) is 22.7 Å². The smallest absolute Gasteiger partial charge is 0.209 e. The molecule has 1 aliphatic heterocycles. The van der Waals surface area contributed by atoms with E-state index in [9.17, 15) is 8.76 Å². The van der Waals surface area contributed by atoms with E-state index in [0.29, 0.717) is 15.2 Å². The van der Waals surface area contributed by atoms with Gasteiger partial charge in [-0.2, -0.15) is 4.37 Å². The van der Waals surface area contributed by atoms with Gasteiger partial charge in [-0.3, -0.25) is 4.21 Å². The number of halogens is 2. The van der Waals surface area contributed by atoms with E-state index < -0.39 is 11.1 Å². The highest BCUT2D eigenvalue weighted by molar-refractivity contribution is 7.79. The van der Waals surface area contributed by atoms with Crippen LogP contribution in [0.15, 0.2) is 53.8 Å². The van der Waals surface area contributed by atoms with E-state index in [2.05, 4.69) is 9.36 Å². The minimum absolute atomic E-state index is 0.235. The van der Waals surface area contributed by atoms with Crippen LogP contribution < -0.4 is 4.90 Å². The van der Waals surface area contributed by atoms with Crippen molar-refractivity contribution in [1.82, 2.24) is 9.36 Å². The molecule has 3 aromatic rings. The van der Waals surface area contributed by atoms with Gasteiger partial charge in [0, 0.05) is 32.7 Å². The monoisotopic (exact) mass is 422 g/mol. The fourth-order valence-electron chi connectivity index (χ4n) is 2.94. The van der Waals surface area contributed by atoms with Crippen molar-refractivity contribution in [2.24, 2.45) is 0 Å². The lowest BCUT2D eigenvalue weighted by molar-refractivity contribution is 0.537. The zero-order valence-corrected chi connectivity index (χ0v) is 16.1. The summed E-state index contributed by atoms with van der Waals surface area (Å²) in [5.41, 5.74) is 2.57. The third kappa shape index (κ3) is 3.17. The molecule has 0 saturated carbocycles. The van der Waals surface area contributed by atoms with E-state index in [1.807, 2.05) is 23.2 Å². The Morgan fingerprint density at radius 2 is 1.96 bits per heavy atom. The van der Waals surface area contributed by atoms with Gasteiger partial charge in [-0.15, -0.1) is 0 Å². The van der Waals surface area contributed by atoms with Crippen LogP contribution in [0.2, 0.25) is 10.0 Å². The standard InChI is InChI=1S/C17H11Cl2N3O2S2/c18-11-1-3-14(15(19)8-11)16-13-4-2-12(26(23)24)7-10(13)5-6-22(16)17-20-9-21-25-17/h1-9,16H,(H,23,24)/p-1. The Kier molecular flexibility index (Phi) is 4.81. The maximum Gasteiger partial charge on any atom is 0.209 e. The van der Waals surface area contributed by atoms with Crippen molar-refractivity contribution in [3.8, 4) is 0 Å². The van der Waals surface area contributed by atoms with Gasteiger partial charge in [-0.1, -0.05) is 35.3 Å². The molecule has 0 radical (unpaired) electrons. The largest absolute Gasteiger partial charge is 0.768 e. The van der Waals surface area contributed by atoms with Gasteiger partial charge in [-0.05, 0) is 58.1 Å². The molecule has 0 aliphatic carbocycles. The molecule has 0 spiro atoms. The van der Waals surface area contributed by atoms with Crippen molar-refractivity contribution >= 4 is 57.0 Å². The maximum absolute atomic E-state index is 11.3. The van der Waals surface area contributed by atoms with E-state index in [0.717, 1.165) is 16.7 Å². The number of nitrogens with zero attached hydrogens (tertiary/aromatic N) is 3. The summed E-state index contributed by atoms with van der Waals surface area (Å²) in [6.07, 6.45) is 5.21. The first-order chi connectivity index (χ1) is 12.5. The Bertz CT molecular complexity index is 1020. The van der Waals surface area contributed by atoms with Crippen LogP contribution in [0.5, 0.6) is 0 Å². The van der Waals surface area contributed by atoms with Crippen LogP contribution >= 0.6 is 34.7 Å². The zero-order valence-electron chi connectivity index (χ0n) is 13.0. The molecule has 0 amide bonds. The van der Waals surface area contributed by atoms with Crippen molar-refractivity contribution in [3.63, 3.8) is 0 Å². The second kappa shape index (κ2) is 7.09. The number of aromatic nitrogens is 2. The number of fused-ring (bicyclic) bond motifs is 1. The number of hydrogen-bond acceptors (Lipinski definition) is 6. The fourth-order valence-corrected chi connectivity index (χ4v) is 4.40. The van der Waals surface area contributed by atoms with Gasteiger partial charge in [0.1, 0.15) is 6.33 Å². The first-order valence-corrected chi connectivity index (χ1v) is 10.1. The summed E-state index contributed by atoms with van der Waals surface area (Å²) < 4.78 is 26.7. The van der Waals surface area contributed by atoms with Crippen molar-refractivity contribution in [1.29, 1.82) is 0 Å². The van der Waals surface area contributed by atoms with E-state index in [4.69, 9.17) is 23.2 Å². The van der Waals surface area contributed by atoms with E-state index in [1.54, 1.807) is 30.3 Å². The van der Waals surface area contributed by atoms with E-state index in [-0.39, 0.29) is 10.9 Å². The average Bonchev–Trinajstić information content (AvgIpc) is 3.15. The molecule has 4 rings (SSSR count). The summed E-state index contributed by atoms with van der Waals surface area (Å²) in [4.78, 5) is 6.49. The van der Waals surface area contributed by atoms with Crippen LogP contribution in [-0.2, 0) is 11.1 Å². The summed E-state index contributed by atoms with van der Waals surface area (Å²) in [6, 6.07) is 10.1. The average molecular weight is 423 g/mol. The summed E-state index contributed by atoms with van der Waals surface area (Å²) in [7, 11) is 0. The number of benzene rings is 2. The first-order valence-electron chi connectivity index (χ1n) is 7.46. The second-order valence-electron chi connectivity index (χ2n) is 5.54. The molecule has 9 heteroatoms. The van der Waals surface area contributed by atoms with Gasteiger partial charge in [0.25, 0.3) is 0 Å². The second-order valence-corrected chi connectivity index (χ2v) is 8.08. The molecule has 26 heavy (non-hydrogen) atoms. The van der Waals surface area contributed by atoms with Crippen molar-refractivity contribution in [2.45, 2.75) is 10.9 Å². The Morgan fingerprint density at radius 1 is 1.15 bits per heavy atom. The van der Waals surface area contributed by atoms with Crippen LogP contribution in [0, 0.1) is 0 Å².